The summed E-state index contributed by atoms with van der Waals surface area (Å²) in [6.45, 7) is 6.02. The van der Waals surface area contributed by atoms with Crippen molar-refractivity contribution in [3.8, 4) is 0 Å². The summed E-state index contributed by atoms with van der Waals surface area (Å²) >= 11 is 0. The molecule has 0 saturated carbocycles. The van der Waals surface area contributed by atoms with Crippen molar-refractivity contribution in [1.29, 1.82) is 0 Å². The molecule has 21 heavy (non-hydrogen) atoms. The number of benzene rings is 1. The van der Waals surface area contributed by atoms with Crippen LogP contribution in [0.15, 0.2) is 24.3 Å². The number of halogens is 1. The zero-order chi connectivity index (χ0) is 14.4. The fraction of sp³-hybridized carbons (Fsp3) is 0.562. The lowest BCUT2D eigenvalue weighted by Gasteiger charge is -2.31. The summed E-state index contributed by atoms with van der Waals surface area (Å²) in [6.07, 6.45) is 2.83. The Balaban J connectivity index is 0.00000220. The first-order chi connectivity index (χ1) is 9.65. The lowest BCUT2D eigenvalue weighted by Crippen LogP contribution is -2.37. The molecule has 1 heterocycles. The lowest BCUT2D eigenvalue weighted by atomic mass is 9.97. The van der Waals surface area contributed by atoms with Crippen LogP contribution in [0.4, 0.5) is 5.69 Å². The Morgan fingerprint density at radius 3 is 2.71 bits per heavy atom. The number of anilines is 1. The van der Waals surface area contributed by atoms with Gasteiger partial charge in [0.1, 0.15) is 0 Å². The van der Waals surface area contributed by atoms with Crippen LogP contribution in [0.2, 0.25) is 0 Å². The molecule has 0 unspecified atom stereocenters. The van der Waals surface area contributed by atoms with Crippen molar-refractivity contribution in [2.75, 3.05) is 31.1 Å². The highest BCUT2D eigenvalue weighted by molar-refractivity contribution is 5.85. The van der Waals surface area contributed by atoms with Gasteiger partial charge in [0, 0.05) is 25.2 Å². The molecule has 1 saturated heterocycles. The van der Waals surface area contributed by atoms with Gasteiger partial charge in [0.2, 0.25) is 5.91 Å². The van der Waals surface area contributed by atoms with E-state index in [4.69, 9.17) is 5.73 Å². The number of amides is 1. The van der Waals surface area contributed by atoms with Gasteiger partial charge in [0.25, 0.3) is 0 Å². The number of nitrogens with one attached hydrogen (secondary N) is 1. The second kappa shape index (κ2) is 8.90. The number of aryl methyl sites for hydroxylation is 1. The molecule has 0 bridgehead atoms. The van der Waals surface area contributed by atoms with E-state index < -0.39 is 0 Å². The molecule has 0 radical (unpaired) electrons. The van der Waals surface area contributed by atoms with Gasteiger partial charge in [-0.3, -0.25) is 4.79 Å². The van der Waals surface area contributed by atoms with Gasteiger partial charge in [-0.05, 0) is 56.5 Å². The third-order valence-electron chi connectivity index (χ3n) is 3.93. The minimum Gasteiger partial charge on any atom is -0.371 e. The van der Waals surface area contributed by atoms with E-state index >= 15 is 0 Å². The Morgan fingerprint density at radius 2 is 2.10 bits per heavy atom. The molecule has 4 nitrogen and oxygen atoms in total. The number of carbonyl (C=O) groups excluding carboxylic acids is 1. The van der Waals surface area contributed by atoms with Gasteiger partial charge in [0.05, 0.1) is 0 Å². The number of nitrogens with zero attached hydrogens (tertiary/aromatic N) is 1. The standard InChI is InChI=1S/C16H25N3O.ClH/c1-13-3-2-4-15(11-13)19(10-7-16(17)20)12-14-5-8-18-9-6-14;/h2-4,11,14,18H,5-10,12H2,1H3,(H2,17,20);1H. The van der Waals surface area contributed by atoms with Crippen LogP contribution in [0.25, 0.3) is 0 Å². The van der Waals surface area contributed by atoms with Crippen LogP contribution in [0.3, 0.4) is 0 Å². The molecule has 1 aliphatic rings. The van der Waals surface area contributed by atoms with E-state index in [0.29, 0.717) is 18.9 Å². The first-order valence-electron chi connectivity index (χ1n) is 7.46. The highest BCUT2D eigenvalue weighted by Gasteiger charge is 2.17. The molecule has 0 aliphatic carbocycles. The van der Waals surface area contributed by atoms with E-state index in [1.54, 1.807) is 0 Å². The number of piperidine rings is 1. The van der Waals surface area contributed by atoms with Gasteiger partial charge >= 0.3 is 0 Å². The third-order valence-corrected chi connectivity index (χ3v) is 3.93. The average Bonchev–Trinajstić information content (AvgIpc) is 2.44. The second-order valence-electron chi connectivity index (χ2n) is 5.69. The van der Waals surface area contributed by atoms with Gasteiger partial charge in [-0.2, -0.15) is 0 Å². The van der Waals surface area contributed by atoms with Crippen LogP contribution in [0.5, 0.6) is 0 Å². The van der Waals surface area contributed by atoms with E-state index in [0.717, 1.165) is 19.6 Å². The normalized spacial score (nSPS) is 15.3. The van der Waals surface area contributed by atoms with Crippen LogP contribution >= 0.6 is 12.4 Å². The van der Waals surface area contributed by atoms with Gasteiger partial charge in [-0.15, -0.1) is 12.4 Å². The van der Waals surface area contributed by atoms with Crippen molar-refractivity contribution >= 4 is 24.0 Å². The van der Waals surface area contributed by atoms with Crippen LogP contribution < -0.4 is 16.0 Å². The van der Waals surface area contributed by atoms with Crippen LogP contribution in [-0.2, 0) is 4.79 Å². The molecule has 1 aliphatic heterocycles. The minimum absolute atomic E-state index is 0. The first-order valence-corrected chi connectivity index (χ1v) is 7.46. The van der Waals surface area contributed by atoms with Gasteiger partial charge in [-0.25, -0.2) is 0 Å². The molecule has 1 aromatic rings. The number of rotatable bonds is 6. The van der Waals surface area contributed by atoms with E-state index in [9.17, 15) is 4.79 Å². The second-order valence-corrected chi connectivity index (χ2v) is 5.69. The Morgan fingerprint density at radius 1 is 1.38 bits per heavy atom. The highest BCUT2D eigenvalue weighted by Crippen LogP contribution is 2.21. The minimum atomic E-state index is -0.229. The molecule has 5 heteroatoms. The monoisotopic (exact) mass is 311 g/mol. The third kappa shape index (κ3) is 5.94. The van der Waals surface area contributed by atoms with E-state index in [2.05, 4.69) is 41.4 Å². The quantitative estimate of drug-likeness (QED) is 0.846. The highest BCUT2D eigenvalue weighted by atomic mass is 35.5. The van der Waals surface area contributed by atoms with Gasteiger partial charge in [0.15, 0.2) is 0 Å². The average molecular weight is 312 g/mol. The maximum absolute atomic E-state index is 11.1. The van der Waals surface area contributed by atoms with Gasteiger partial charge < -0.3 is 16.0 Å². The molecule has 0 atom stereocenters. The Hall–Kier alpha value is -1.26. The zero-order valence-corrected chi connectivity index (χ0v) is 13.5. The summed E-state index contributed by atoms with van der Waals surface area (Å²) in [5, 5.41) is 3.39. The Bertz CT molecular complexity index is 447. The fourth-order valence-corrected chi connectivity index (χ4v) is 2.77. The molecule has 1 fully saturated rings. The first kappa shape index (κ1) is 17.8. The zero-order valence-electron chi connectivity index (χ0n) is 12.7. The smallest absolute Gasteiger partial charge is 0.219 e. The Labute approximate surface area is 133 Å². The fourth-order valence-electron chi connectivity index (χ4n) is 2.77. The molecular formula is C16H26ClN3O. The predicted molar refractivity (Wildman–Crippen MR) is 90.0 cm³/mol. The molecular weight excluding hydrogens is 286 g/mol. The summed E-state index contributed by atoms with van der Waals surface area (Å²) in [4.78, 5) is 13.4. The summed E-state index contributed by atoms with van der Waals surface area (Å²) in [6, 6.07) is 8.47. The van der Waals surface area contributed by atoms with Crippen molar-refractivity contribution in [2.45, 2.75) is 26.2 Å². The largest absolute Gasteiger partial charge is 0.371 e. The van der Waals surface area contributed by atoms with Crippen LogP contribution in [0.1, 0.15) is 24.8 Å². The van der Waals surface area contributed by atoms with E-state index in [1.165, 1.54) is 24.1 Å². The van der Waals surface area contributed by atoms with Crippen molar-refractivity contribution in [2.24, 2.45) is 11.7 Å². The van der Waals surface area contributed by atoms with Crippen LogP contribution in [-0.4, -0.2) is 32.1 Å². The molecule has 1 aromatic carbocycles. The molecule has 3 N–H and O–H groups in total. The van der Waals surface area contributed by atoms with Crippen molar-refractivity contribution < 1.29 is 4.79 Å². The van der Waals surface area contributed by atoms with Crippen molar-refractivity contribution in [1.82, 2.24) is 5.32 Å². The number of carbonyl (C=O) groups is 1. The number of hydrogen-bond acceptors (Lipinski definition) is 3. The Kier molecular flexibility index (Phi) is 7.54. The maximum atomic E-state index is 11.1. The van der Waals surface area contributed by atoms with E-state index in [-0.39, 0.29) is 18.3 Å². The maximum Gasteiger partial charge on any atom is 0.219 e. The number of hydrogen-bond donors (Lipinski definition) is 2. The number of nitrogens with two attached hydrogens (primary N) is 1. The number of primary amides is 1. The predicted octanol–water partition coefficient (Wildman–Crippen LogP) is 2.10. The molecule has 118 valence electrons. The summed E-state index contributed by atoms with van der Waals surface area (Å²) < 4.78 is 0. The van der Waals surface area contributed by atoms with Crippen molar-refractivity contribution in [3.05, 3.63) is 29.8 Å². The topological polar surface area (TPSA) is 58.4 Å². The molecule has 0 aromatic heterocycles. The summed E-state index contributed by atoms with van der Waals surface area (Å²) in [5.74, 6) is 0.470. The summed E-state index contributed by atoms with van der Waals surface area (Å²) in [5.41, 5.74) is 7.75. The lowest BCUT2D eigenvalue weighted by molar-refractivity contribution is -0.117. The molecule has 0 spiro atoms. The van der Waals surface area contributed by atoms with Crippen molar-refractivity contribution in [3.63, 3.8) is 0 Å². The van der Waals surface area contributed by atoms with Gasteiger partial charge in [-0.1, -0.05) is 12.1 Å². The molecule has 1 amide bonds. The van der Waals surface area contributed by atoms with Crippen LogP contribution in [0, 0.1) is 12.8 Å². The summed E-state index contributed by atoms with van der Waals surface area (Å²) in [7, 11) is 0. The SMILES string of the molecule is Cc1cccc(N(CCC(N)=O)CC2CCNCC2)c1.Cl. The molecule has 2 rings (SSSR count). The van der Waals surface area contributed by atoms with E-state index in [1.807, 2.05) is 0 Å².